The van der Waals surface area contributed by atoms with Crippen molar-refractivity contribution in [2.24, 2.45) is 0 Å². The molecular formula is C17H15BrN2. The zero-order valence-corrected chi connectivity index (χ0v) is 12.7. The van der Waals surface area contributed by atoms with E-state index in [2.05, 4.69) is 57.2 Å². The Labute approximate surface area is 127 Å². The minimum atomic E-state index is 0.561. The van der Waals surface area contributed by atoms with Gasteiger partial charge in [-0.25, -0.2) is 0 Å². The summed E-state index contributed by atoms with van der Waals surface area (Å²) in [6.45, 7) is 2.00. The summed E-state index contributed by atoms with van der Waals surface area (Å²) in [5.74, 6) is 0.561. The number of hydrogen-bond acceptors (Lipinski definition) is 2. The van der Waals surface area contributed by atoms with Crippen LogP contribution in [0.5, 0.6) is 0 Å². The van der Waals surface area contributed by atoms with Crippen molar-refractivity contribution in [2.75, 3.05) is 18.0 Å². The van der Waals surface area contributed by atoms with Crippen LogP contribution in [0.4, 0.5) is 5.69 Å². The molecule has 3 rings (SSSR count). The van der Waals surface area contributed by atoms with E-state index in [9.17, 15) is 5.26 Å². The van der Waals surface area contributed by atoms with Gasteiger partial charge in [0, 0.05) is 23.5 Å². The van der Waals surface area contributed by atoms with Crippen LogP contribution >= 0.6 is 15.9 Å². The van der Waals surface area contributed by atoms with Gasteiger partial charge in [0.05, 0.1) is 11.3 Å². The fourth-order valence-electron chi connectivity index (χ4n) is 2.85. The largest absolute Gasteiger partial charge is 0.370 e. The second-order valence-electron chi connectivity index (χ2n) is 5.12. The molecule has 1 saturated heterocycles. The van der Waals surface area contributed by atoms with Crippen molar-refractivity contribution in [1.82, 2.24) is 0 Å². The Morgan fingerprint density at radius 1 is 1.15 bits per heavy atom. The van der Waals surface area contributed by atoms with Crippen molar-refractivity contribution in [3.63, 3.8) is 0 Å². The molecule has 1 aliphatic heterocycles. The lowest BCUT2D eigenvalue weighted by Crippen LogP contribution is -2.20. The molecule has 1 unspecified atom stereocenters. The lowest BCUT2D eigenvalue weighted by molar-refractivity contribution is 0.775. The van der Waals surface area contributed by atoms with Gasteiger partial charge >= 0.3 is 0 Å². The molecule has 1 aliphatic rings. The third-order valence-electron chi connectivity index (χ3n) is 3.88. The molecule has 0 N–H and O–H groups in total. The van der Waals surface area contributed by atoms with Gasteiger partial charge in [-0.3, -0.25) is 0 Å². The van der Waals surface area contributed by atoms with Crippen LogP contribution in [-0.2, 0) is 0 Å². The average molecular weight is 327 g/mol. The maximum absolute atomic E-state index is 9.29. The molecule has 20 heavy (non-hydrogen) atoms. The first-order valence-corrected chi connectivity index (χ1v) is 7.57. The van der Waals surface area contributed by atoms with Crippen molar-refractivity contribution in [1.29, 1.82) is 5.26 Å². The van der Waals surface area contributed by atoms with Crippen molar-refractivity contribution >= 4 is 21.6 Å². The van der Waals surface area contributed by atoms with Crippen molar-refractivity contribution in [3.05, 3.63) is 64.1 Å². The quantitative estimate of drug-likeness (QED) is 0.822. The number of halogens is 1. The molecule has 0 saturated carbocycles. The second-order valence-corrected chi connectivity index (χ2v) is 6.03. The van der Waals surface area contributed by atoms with Crippen LogP contribution in [0.1, 0.15) is 23.5 Å². The van der Waals surface area contributed by atoms with E-state index in [1.807, 2.05) is 18.2 Å². The van der Waals surface area contributed by atoms with E-state index in [0.717, 1.165) is 35.2 Å². The van der Waals surface area contributed by atoms with Gasteiger partial charge in [-0.15, -0.1) is 0 Å². The molecule has 3 heteroatoms. The van der Waals surface area contributed by atoms with Gasteiger partial charge in [-0.2, -0.15) is 5.26 Å². The number of anilines is 1. The molecular weight excluding hydrogens is 312 g/mol. The summed E-state index contributed by atoms with van der Waals surface area (Å²) < 4.78 is 0.955. The highest BCUT2D eigenvalue weighted by atomic mass is 79.9. The molecule has 1 atom stereocenters. The normalized spacial score (nSPS) is 18.0. The summed E-state index contributed by atoms with van der Waals surface area (Å²) in [6.07, 6.45) is 1.14. The van der Waals surface area contributed by atoms with Crippen molar-refractivity contribution in [2.45, 2.75) is 12.3 Å². The molecule has 0 radical (unpaired) electrons. The standard InChI is InChI=1S/C17H15BrN2/c18-16-6-7-17(15(10-16)11-19)20-9-8-14(12-20)13-4-2-1-3-5-13/h1-7,10,14H,8-9,12H2. The number of nitrogens with zero attached hydrogens (tertiary/aromatic N) is 2. The van der Waals surface area contributed by atoms with Crippen LogP contribution < -0.4 is 4.90 Å². The maximum atomic E-state index is 9.29. The molecule has 100 valence electrons. The third kappa shape index (κ3) is 2.57. The first kappa shape index (κ1) is 13.2. The number of hydrogen-bond donors (Lipinski definition) is 0. The fourth-order valence-corrected chi connectivity index (χ4v) is 3.21. The van der Waals surface area contributed by atoms with Gasteiger partial charge < -0.3 is 4.90 Å². The Morgan fingerprint density at radius 2 is 1.95 bits per heavy atom. The molecule has 0 bridgehead atoms. The Hall–Kier alpha value is -1.79. The van der Waals surface area contributed by atoms with Crippen LogP contribution in [-0.4, -0.2) is 13.1 Å². The van der Waals surface area contributed by atoms with Gasteiger partial charge in [0.2, 0.25) is 0 Å². The fraction of sp³-hybridized carbons (Fsp3) is 0.235. The molecule has 1 fully saturated rings. The Bertz CT molecular complexity index is 646. The smallest absolute Gasteiger partial charge is 0.101 e. The maximum Gasteiger partial charge on any atom is 0.101 e. The molecule has 1 heterocycles. The van der Waals surface area contributed by atoms with Crippen LogP contribution in [0.25, 0.3) is 0 Å². The molecule has 2 nitrogen and oxygen atoms in total. The molecule has 2 aromatic carbocycles. The van der Waals surface area contributed by atoms with Crippen LogP contribution in [0, 0.1) is 11.3 Å². The van der Waals surface area contributed by atoms with E-state index < -0.39 is 0 Å². The molecule has 0 aromatic heterocycles. The predicted molar refractivity (Wildman–Crippen MR) is 84.9 cm³/mol. The Kier molecular flexibility index (Phi) is 3.75. The van der Waals surface area contributed by atoms with Crippen molar-refractivity contribution < 1.29 is 0 Å². The summed E-state index contributed by atoms with van der Waals surface area (Å²) in [5, 5.41) is 9.29. The van der Waals surface area contributed by atoms with Crippen molar-refractivity contribution in [3.8, 4) is 6.07 Å². The van der Waals surface area contributed by atoms with Gasteiger partial charge in [0.25, 0.3) is 0 Å². The predicted octanol–water partition coefficient (Wildman–Crippen LogP) is 4.31. The molecule has 2 aromatic rings. The highest BCUT2D eigenvalue weighted by molar-refractivity contribution is 9.10. The van der Waals surface area contributed by atoms with E-state index in [1.165, 1.54) is 5.56 Å². The lowest BCUT2D eigenvalue weighted by Gasteiger charge is -2.20. The number of benzene rings is 2. The van der Waals surface area contributed by atoms with Gasteiger partial charge in [-0.05, 0) is 30.2 Å². The van der Waals surface area contributed by atoms with Gasteiger partial charge in [0.1, 0.15) is 6.07 Å². The van der Waals surface area contributed by atoms with Crippen LogP contribution in [0.2, 0.25) is 0 Å². The second kappa shape index (κ2) is 5.68. The van der Waals surface area contributed by atoms with E-state index in [1.54, 1.807) is 0 Å². The summed E-state index contributed by atoms with van der Waals surface area (Å²) in [5.41, 5.74) is 3.19. The highest BCUT2D eigenvalue weighted by Gasteiger charge is 2.25. The van der Waals surface area contributed by atoms with E-state index in [0.29, 0.717) is 5.92 Å². The Morgan fingerprint density at radius 3 is 2.70 bits per heavy atom. The topological polar surface area (TPSA) is 27.0 Å². The zero-order valence-electron chi connectivity index (χ0n) is 11.1. The van der Waals surface area contributed by atoms with Crippen LogP contribution in [0.15, 0.2) is 53.0 Å². The minimum Gasteiger partial charge on any atom is -0.370 e. The molecule has 0 aliphatic carbocycles. The first-order valence-electron chi connectivity index (χ1n) is 6.77. The lowest BCUT2D eigenvalue weighted by atomic mass is 9.99. The monoisotopic (exact) mass is 326 g/mol. The number of nitriles is 1. The summed E-state index contributed by atoms with van der Waals surface area (Å²) >= 11 is 3.42. The van der Waals surface area contributed by atoms with E-state index in [-0.39, 0.29) is 0 Å². The molecule has 0 spiro atoms. The minimum absolute atomic E-state index is 0.561. The van der Waals surface area contributed by atoms with Gasteiger partial charge in [0.15, 0.2) is 0 Å². The zero-order chi connectivity index (χ0) is 13.9. The third-order valence-corrected chi connectivity index (χ3v) is 4.37. The summed E-state index contributed by atoms with van der Waals surface area (Å²) in [4.78, 5) is 2.32. The SMILES string of the molecule is N#Cc1cc(Br)ccc1N1CCC(c2ccccc2)C1. The first-order chi connectivity index (χ1) is 9.78. The van der Waals surface area contributed by atoms with Crippen LogP contribution in [0.3, 0.4) is 0 Å². The Balaban J connectivity index is 1.83. The summed E-state index contributed by atoms with van der Waals surface area (Å²) in [7, 11) is 0. The summed E-state index contributed by atoms with van der Waals surface area (Å²) in [6, 6.07) is 18.9. The van der Waals surface area contributed by atoms with E-state index in [4.69, 9.17) is 0 Å². The molecule has 0 amide bonds. The van der Waals surface area contributed by atoms with E-state index >= 15 is 0 Å². The average Bonchev–Trinajstić information content (AvgIpc) is 2.97. The number of rotatable bonds is 2. The highest BCUT2D eigenvalue weighted by Crippen LogP contribution is 2.33. The van der Waals surface area contributed by atoms with Gasteiger partial charge in [-0.1, -0.05) is 46.3 Å².